The molecule has 0 bridgehead atoms. The van der Waals surface area contributed by atoms with Gasteiger partial charge in [-0.1, -0.05) is 0 Å². The van der Waals surface area contributed by atoms with Crippen LogP contribution < -0.4 is 5.32 Å². The van der Waals surface area contributed by atoms with Crippen LogP contribution in [0.4, 0.5) is 0 Å². The van der Waals surface area contributed by atoms with Crippen LogP contribution in [0.1, 0.15) is 34.8 Å². The van der Waals surface area contributed by atoms with E-state index in [1.165, 1.54) is 12.8 Å². The van der Waals surface area contributed by atoms with Crippen molar-refractivity contribution in [3.63, 3.8) is 0 Å². The average molecular weight is 224 g/mol. The minimum Gasteiger partial charge on any atom is -0.316 e. The maximum Gasteiger partial charge on any atom is 0.182 e. The second-order valence-corrected chi connectivity index (χ2v) is 5.15. The van der Waals surface area contributed by atoms with E-state index in [2.05, 4.69) is 10.3 Å². The van der Waals surface area contributed by atoms with Gasteiger partial charge in [0.1, 0.15) is 5.69 Å². The molecule has 0 radical (unpaired) electrons. The number of aryl methyl sites for hydroxylation is 1. The Morgan fingerprint density at radius 1 is 1.73 bits per heavy atom. The van der Waals surface area contributed by atoms with Crippen molar-refractivity contribution in [1.82, 2.24) is 10.3 Å². The van der Waals surface area contributed by atoms with Crippen LogP contribution in [0.25, 0.3) is 0 Å². The molecule has 2 heterocycles. The predicted octanol–water partition coefficient (Wildman–Crippen LogP) is 2.02. The molecule has 0 amide bonds. The number of hydrogen-bond donors (Lipinski definition) is 1. The first kappa shape index (κ1) is 10.8. The molecular formula is C11H16N2OS. The molecule has 1 aromatic rings. The number of nitrogens with zero attached hydrogens (tertiary/aromatic N) is 1. The molecule has 1 fully saturated rings. The molecule has 1 aromatic heterocycles. The maximum absolute atomic E-state index is 11.8. The minimum atomic E-state index is 0.202. The van der Waals surface area contributed by atoms with E-state index < -0.39 is 0 Å². The Bertz CT molecular complexity index is 342. The third kappa shape index (κ3) is 2.86. The molecule has 0 aromatic carbocycles. The number of rotatable bonds is 3. The molecule has 1 unspecified atom stereocenters. The number of hydrogen-bond acceptors (Lipinski definition) is 4. The first-order chi connectivity index (χ1) is 7.25. The fraction of sp³-hybridized carbons (Fsp3) is 0.636. The van der Waals surface area contributed by atoms with Crippen molar-refractivity contribution < 1.29 is 4.79 Å². The number of carbonyl (C=O) groups excluding carboxylic acids is 1. The van der Waals surface area contributed by atoms with Crippen LogP contribution in [0.3, 0.4) is 0 Å². The van der Waals surface area contributed by atoms with Gasteiger partial charge in [-0.2, -0.15) is 0 Å². The van der Waals surface area contributed by atoms with Crippen molar-refractivity contribution in [3.05, 3.63) is 16.1 Å². The highest BCUT2D eigenvalue weighted by atomic mass is 32.1. The molecule has 1 atom stereocenters. The zero-order chi connectivity index (χ0) is 10.7. The summed E-state index contributed by atoms with van der Waals surface area (Å²) in [6.07, 6.45) is 3.01. The van der Waals surface area contributed by atoms with E-state index in [1.807, 2.05) is 12.3 Å². The average Bonchev–Trinajstić information content (AvgIpc) is 2.66. The monoisotopic (exact) mass is 224 g/mol. The van der Waals surface area contributed by atoms with Gasteiger partial charge < -0.3 is 5.32 Å². The summed E-state index contributed by atoms with van der Waals surface area (Å²) in [5, 5.41) is 6.17. The Balaban J connectivity index is 1.91. The quantitative estimate of drug-likeness (QED) is 0.799. The second kappa shape index (κ2) is 4.86. The van der Waals surface area contributed by atoms with E-state index in [0.29, 0.717) is 18.0 Å². The van der Waals surface area contributed by atoms with Crippen LogP contribution in [0.5, 0.6) is 0 Å². The highest BCUT2D eigenvalue weighted by Gasteiger charge is 2.18. The van der Waals surface area contributed by atoms with Gasteiger partial charge in [0.05, 0.1) is 5.01 Å². The summed E-state index contributed by atoms with van der Waals surface area (Å²) in [6.45, 7) is 4.01. The number of nitrogens with one attached hydrogen (secondary N) is 1. The molecule has 1 saturated heterocycles. The lowest BCUT2D eigenvalue weighted by molar-refractivity contribution is 0.0949. The minimum absolute atomic E-state index is 0.202. The smallest absolute Gasteiger partial charge is 0.182 e. The lowest BCUT2D eigenvalue weighted by Crippen LogP contribution is -2.31. The number of piperidine rings is 1. The number of Topliss-reactive ketones (excluding diaryl/α,β-unsaturated/α-hetero) is 1. The number of thiazole rings is 1. The molecule has 82 valence electrons. The van der Waals surface area contributed by atoms with Gasteiger partial charge in [-0.25, -0.2) is 4.98 Å². The van der Waals surface area contributed by atoms with Crippen LogP contribution in [-0.4, -0.2) is 23.9 Å². The van der Waals surface area contributed by atoms with E-state index in [0.717, 1.165) is 18.1 Å². The second-order valence-electron chi connectivity index (χ2n) is 4.09. The molecule has 1 aliphatic rings. The van der Waals surface area contributed by atoms with Crippen LogP contribution in [0.2, 0.25) is 0 Å². The zero-order valence-corrected chi connectivity index (χ0v) is 9.77. The summed E-state index contributed by atoms with van der Waals surface area (Å²) in [6, 6.07) is 0. The topological polar surface area (TPSA) is 42.0 Å². The summed E-state index contributed by atoms with van der Waals surface area (Å²) < 4.78 is 0. The summed E-state index contributed by atoms with van der Waals surface area (Å²) in [7, 11) is 0. The van der Waals surface area contributed by atoms with Gasteiger partial charge in [-0.3, -0.25) is 4.79 Å². The standard InChI is InChI=1S/C11H16N2OS/c1-8-13-10(7-15-8)11(14)5-9-3-2-4-12-6-9/h7,9,12H,2-6H2,1H3. The van der Waals surface area contributed by atoms with Crippen molar-refractivity contribution in [2.75, 3.05) is 13.1 Å². The van der Waals surface area contributed by atoms with Gasteiger partial charge >= 0.3 is 0 Å². The molecule has 0 saturated carbocycles. The van der Waals surface area contributed by atoms with Gasteiger partial charge in [0.25, 0.3) is 0 Å². The predicted molar refractivity (Wildman–Crippen MR) is 61.4 cm³/mol. The Morgan fingerprint density at radius 2 is 2.60 bits per heavy atom. The number of carbonyl (C=O) groups is 1. The van der Waals surface area contributed by atoms with Gasteiger partial charge in [0.2, 0.25) is 0 Å². The van der Waals surface area contributed by atoms with Gasteiger partial charge in [0.15, 0.2) is 5.78 Å². The zero-order valence-electron chi connectivity index (χ0n) is 8.95. The van der Waals surface area contributed by atoms with Gasteiger partial charge in [-0.15, -0.1) is 11.3 Å². The number of aromatic nitrogens is 1. The van der Waals surface area contributed by atoms with Crippen LogP contribution in [-0.2, 0) is 0 Å². The normalized spacial score (nSPS) is 21.5. The fourth-order valence-corrected chi connectivity index (χ4v) is 2.57. The molecular weight excluding hydrogens is 208 g/mol. The van der Waals surface area contributed by atoms with E-state index in [9.17, 15) is 4.79 Å². The van der Waals surface area contributed by atoms with Crippen molar-refractivity contribution >= 4 is 17.1 Å². The molecule has 4 heteroatoms. The SMILES string of the molecule is Cc1nc(C(=O)CC2CCCNC2)cs1. The molecule has 15 heavy (non-hydrogen) atoms. The summed E-state index contributed by atoms with van der Waals surface area (Å²) in [5.41, 5.74) is 0.656. The molecule has 0 aliphatic carbocycles. The third-order valence-electron chi connectivity index (χ3n) is 2.78. The van der Waals surface area contributed by atoms with Crippen LogP contribution >= 0.6 is 11.3 Å². The fourth-order valence-electron chi connectivity index (χ4n) is 1.96. The molecule has 2 rings (SSSR count). The molecule has 3 nitrogen and oxygen atoms in total. The maximum atomic E-state index is 11.8. The summed E-state index contributed by atoms with van der Waals surface area (Å²) in [4.78, 5) is 16.1. The Morgan fingerprint density at radius 3 is 3.20 bits per heavy atom. The van der Waals surface area contributed by atoms with Crippen LogP contribution in [0, 0.1) is 12.8 Å². The lowest BCUT2D eigenvalue weighted by Gasteiger charge is -2.21. The van der Waals surface area contributed by atoms with Gasteiger partial charge in [-0.05, 0) is 38.8 Å². The highest BCUT2D eigenvalue weighted by Crippen LogP contribution is 2.18. The molecule has 1 N–H and O–H groups in total. The van der Waals surface area contributed by atoms with Crippen molar-refractivity contribution in [1.29, 1.82) is 0 Å². The van der Waals surface area contributed by atoms with E-state index in [4.69, 9.17) is 0 Å². The van der Waals surface area contributed by atoms with Crippen LogP contribution in [0.15, 0.2) is 5.38 Å². The van der Waals surface area contributed by atoms with Crippen molar-refractivity contribution in [3.8, 4) is 0 Å². The third-order valence-corrected chi connectivity index (χ3v) is 3.55. The Hall–Kier alpha value is -0.740. The van der Waals surface area contributed by atoms with Crippen molar-refractivity contribution in [2.45, 2.75) is 26.2 Å². The first-order valence-corrected chi connectivity index (χ1v) is 6.29. The highest BCUT2D eigenvalue weighted by molar-refractivity contribution is 7.09. The molecule has 1 aliphatic heterocycles. The largest absolute Gasteiger partial charge is 0.316 e. The summed E-state index contributed by atoms with van der Waals surface area (Å²) >= 11 is 1.55. The number of ketones is 1. The first-order valence-electron chi connectivity index (χ1n) is 5.42. The molecule has 0 spiro atoms. The van der Waals surface area contributed by atoms with E-state index in [-0.39, 0.29) is 5.78 Å². The van der Waals surface area contributed by atoms with E-state index in [1.54, 1.807) is 11.3 Å². The van der Waals surface area contributed by atoms with Gasteiger partial charge in [0, 0.05) is 11.8 Å². The summed E-state index contributed by atoms with van der Waals surface area (Å²) in [5.74, 6) is 0.710. The van der Waals surface area contributed by atoms with Crippen molar-refractivity contribution in [2.24, 2.45) is 5.92 Å². The Labute approximate surface area is 93.9 Å². The Kier molecular flexibility index (Phi) is 3.49. The van der Waals surface area contributed by atoms with E-state index >= 15 is 0 Å². The lowest BCUT2D eigenvalue weighted by atomic mass is 9.93.